The van der Waals surface area contributed by atoms with E-state index in [1.165, 1.54) is 57.8 Å². The molecule has 21 heavy (non-hydrogen) atoms. The first kappa shape index (κ1) is 16.8. The zero-order chi connectivity index (χ0) is 15.0. The molecule has 4 nitrogen and oxygen atoms in total. The molecule has 1 saturated carbocycles. The van der Waals surface area contributed by atoms with E-state index in [9.17, 15) is 4.79 Å². The molecule has 0 spiro atoms. The molecule has 2 rings (SSSR count). The number of amides is 1. The van der Waals surface area contributed by atoms with E-state index in [-0.39, 0.29) is 5.91 Å². The van der Waals surface area contributed by atoms with Crippen LogP contribution in [0.25, 0.3) is 0 Å². The van der Waals surface area contributed by atoms with E-state index in [4.69, 9.17) is 5.73 Å². The van der Waals surface area contributed by atoms with Crippen molar-refractivity contribution in [2.75, 3.05) is 6.54 Å². The van der Waals surface area contributed by atoms with Gasteiger partial charge in [-0.15, -0.1) is 0 Å². The third-order valence-electron chi connectivity index (χ3n) is 5.43. The summed E-state index contributed by atoms with van der Waals surface area (Å²) in [5.41, 5.74) is 12.0. The normalized spacial score (nSPS) is 31.0. The number of nitrogens with two attached hydrogens (primary N) is 1. The summed E-state index contributed by atoms with van der Waals surface area (Å²) in [4.78, 5) is 12.4. The molecular weight excluding hydrogens is 262 g/mol. The molecule has 1 aliphatic heterocycles. The van der Waals surface area contributed by atoms with E-state index in [2.05, 4.69) is 10.9 Å². The fourth-order valence-electron chi connectivity index (χ4n) is 4.07. The van der Waals surface area contributed by atoms with Gasteiger partial charge in [-0.25, -0.2) is 5.43 Å². The summed E-state index contributed by atoms with van der Waals surface area (Å²) in [5.74, 6) is 0.236. The molecule has 2 aliphatic rings. The van der Waals surface area contributed by atoms with Gasteiger partial charge in [0.15, 0.2) is 0 Å². The van der Waals surface area contributed by atoms with Crippen molar-refractivity contribution in [1.29, 1.82) is 0 Å². The Morgan fingerprint density at radius 3 is 2.10 bits per heavy atom. The number of carbonyl (C=O) groups excluding carboxylic acids is 1. The molecule has 2 fully saturated rings. The predicted molar refractivity (Wildman–Crippen MR) is 86.6 cm³/mol. The second-order valence-electron chi connectivity index (χ2n) is 6.95. The Balaban J connectivity index is 2.13. The quantitative estimate of drug-likeness (QED) is 0.733. The maximum atomic E-state index is 12.4. The van der Waals surface area contributed by atoms with Gasteiger partial charge in [0, 0.05) is 6.54 Å². The molecule has 0 aromatic carbocycles. The summed E-state index contributed by atoms with van der Waals surface area (Å²) in [6, 6.07) is 0. The van der Waals surface area contributed by atoms with Crippen LogP contribution in [0.15, 0.2) is 0 Å². The summed E-state index contributed by atoms with van der Waals surface area (Å²) in [5, 5.41) is 0. The topological polar surface area (TPSA) is 67.2 Å². The van der Waals surface area contributed by atoms with E-state index in [0.717, 1.165) is 32.2 Å². The first-order valence-corrected chi connectivity index (χ1v) is 9.06. The molecule has 0 radical (unpaired) electrons. The Labute approximate surface area is 129 Å². The fourth-order valence-corrected chi connectivity index (χ4v) is 4.07. The first-order chi connectivity index (χ1) is 10.3. The molecule has 1 heterocycles. The van der Waals surface area contributed by atoms with Gasteiger partial charge in [0.05, 0.1) is 0 Å². The molecule has 1 unspecified atom stereocenters. The predicted octanol–water partition coefficient (Wildman–Crippen LogP) is 3.02. The van der Waals surface area contributed by atoms with Crippen LogP contribution in [-0.4, -0.2) is 18.0 Å². The van der Waals surface area contributed by atoms with Crippen LogP contribution in [0.5, 0.6) is 0 Å². The number of nitrogens with one attached hydrogen (secondary N) is 2. The van der Waals surface area contributed by atoms with E-state index < -0.39 is 5.54 Å². The fraction of sp³-hybridized carbons (Fsp3) is 0.941. The monoisotopic (exact) mass is 295 g/mol. The van der Waals surface area contributed by atoms with Crippen molar-refractivity contribution in [3.63, 3.8) is 0 Å². The highest BCUT2D eigenvalue weighted by Crippen LogP contribution is 2.34. The lowest BCUT2D eigenvalue weighted by atomic mass is 9.74. The van der Waals surface area contributed by atoms with Crippen LogP contribution in [0.1, 0.15) is 83.5 Å². The van der Waals surface area contributed by atoms with Crippen molar-refractivity contribution in [3.8, 4) is 0 Å². The number of carbonyl (C=O) groups is 1. The first-order valence-electron chi connectivity index (χ1n) is 9.06. The second-order valence-corrected chi connectivity index (χ2v) is 6.95. The summed E-state index contributed by atoms with van der Waals surface area (Å²) in [7, 11) is 0. The van der Waals surface area contributed by atoms with Crippen molar-refractivity contribution in [2.45, 2.75) is 89.0 Å². The Hall–Kier alpha value is -0.610. The lowest BCUT2D eigenvalue weighted by molar-refractivity contribution is -0.128. The molecular formula is C17H33N3O. The summed E-state index contributed by atoms with van der Waals surface area (Å²) < 4.78 is 0. The number of hydrazine groups is 1. The third kappa shape index (κ3) is 4.68. The van der Waals surface area contributed by atoms with Gasteiger partial charge in [0.25, 0.3) is 0 Å². The largest absolute Gasteiger partial charge is 0.368 e. The minimum absolute atomic E-state index is 0.152. The highest BCUT2D eigenvalue weighted by atomic mass is 16.1. The van der Waals surface area contributed by atoms with Crippen molar-refractivity contribution in [1.82, 2.24) is 10.9 Å². The number of hydrogen-bond acceptors (Lipinski definition) is 3. The van der Waals surface area contributed by atoms with E-state index >= 15 is 0 Å². The Morgan fingerprint density at radius 2 is 1.43 bits per heavy atom. The molecule has 1 aliphatic carbocycles. The molecule has 4 N–H and O–H groups in total. The molecule has 4 heteroatoms. The molecule has 1 saturated heterocycles. The molecule has 122 valence electrons. The molecule has 0 aromatic heterocycles. The maximum Gasteiger partial charge on any atom is 0.239 e. The van der Waals surface area contributed by atoms with Gasteiger partial charge in [-0.1, -0.05) is 57.8 Å². The van der Waals surface area contributed by atoms with Crippen LogP contribution in [0.4, 0.5) is 0 Å². The van der Waals surface area contributed by atoms with Crippen LogP contribution >= 0.6 is 0 Å². The number of rotatable bonds is 2. The van der Waals surface area contributed by atoms with Crippen LogP contribution in [-0.2, 0) is 4.79 Å². The minimum atomic E-state index is -0.533. The molecule has 1 amide bonds. The van der Waals surface area contributed by atoms with Crippen LogP contribution in [0.3, 0.4) is 0 Å². The molecule has 0 aromatic rings. The average molecular weight is 295 g/mol. The van der Waals surface area contributed by atoms with Crippen molar-refractivity contribution < 1.29 is 4.79 Å². The van der Waals surface area contributed by atoms with Gasteiger partial charge in [-0.05, 0) is 31.6 Å². The van der Waals surface area contributed by atoms with Crippen molar-refractivity contribution >= 4 is 5.91 Å². The van der Waals surface area contributed by atoms with Gasteiger partial charge in [0.1, 0.15) is 5.54 Å². The smallest absolute Gasteiger partial charge is 0.239 e. The van der Waals surface area contributed by atoms with Gasteiger partial charge in [-0.3, -0.25) is 10.2 Å². The van der Waals surface area contributed by atoms with Crippen molar-refractivity contribution in [2.24, 2.45) is 11.7 Å². The van der Waals surface area contributed by atoms with Crippen molar-refractivity contribution in [3.05, 3.63) is 0 Å². The lowest BCUT2D eigenvalue weighted by Gasteiger charge is -2.39. The second kappa shape index (κ2) is 8.74. The Bertz CT molecular complexity index is 299. The van der Waals surface area contributed by atoms with Gasteiger partial charge >= 0.3 is 0 Å². The van der Waals surface area contributed by atoms with Gasteiger partial charge < -0.3 is 5.73 Å². The average Bonchev–Trinajstić information content (AvgIpc) is 2.69. The standard InChI is InChI=1S/C17H33N3O/c18-16(21)17(13-9-5-6-10-14-19-20-17)15-11-7-3-1-2-4-8-12-15/h15,19-20H,1-14H2,(H2,18,21). The lowest BCUT2D eigenvalue weighted by Crippen LogP contribution is -2.64. The van der Waals surface area contributed by atoms with Gasteiger partial charge in [0.2, 0.25) is 5.91 Å². The van der Waals surface area contributed by atoms with Crippen LogP contribution in [0, 0.1) is 5.92 Å². The van der Waals surface area contributed by atoms with Gasteiger partial charge in [-0.2, -0.15) is 0 Å². The van der Waals surface area contributed by atoms with E-state index in [0.29, 0.717) is 5.92 Å². The third-order valence-corrected chi connectivity index (χ3v) is 5.43. The summed E-state index contributed by atoms with van der Waals surface area (Å²) in [6.07, 6.45) is 15.7. The SMILES string of the molecule is NC(=O)C1(C2CCCCCCCC2)CCCCCCNN1. The number of primary amides is 1. The number of hydrogen-bond donors (Lipinski definition) is 3. The van der Waals surface area contributed by atoms with Crippen LogP contribution < -0.4 is 16.6 Å². The zero-order valence-corrected chi connectivity index (χ0v) is 13.5. The summed E-state index contributed by atoms with van der Waals surface area (Å²) in [6.45, 7) is 0.932. The highest BCUT2D eigenvalue weighted by molar-refractivity contribution is 5.85. The van der Waals surface area contributed by atoms with E-state index in [1.807, 2.05) is 0 Å². The molecule has 0 bridgehead atoms. The highest BCUT2D eigenvalue weighted by Gasteiger charge is 2.43. The van der Waals surface area contributed by atoms with Crippen LogP contribution in [0.2, 0.25) is 0 Å². The Kier molecular flexibility index (Phi) is 6.97. The maximum absolute atomic E-state index is 12.4. The zero-order valence-electron chi connectivity index (χ0n) is 13.5. The summed E-state index contributed by atoms with van der Waals surface area (Å²) >= 11 is 0. The minimum Gasteiger partial charge on any atom is -0.368 e. The Morgan fingerprint density at radius 1 is 0.857 bits per heavy atom. The van der Waals surface area contributed by atoms with E-state index in [1.54, 1.807) is 0 Å². The molecule has 1 atom stereocenters.